The highest BCUT2D eigenvalue weighted by Crippen LogP contribution is 2.25. The van der Waals surface area contributed by atoms with E-state index < -0.39 is 0 Å². The lowest BCUT2D eigenvalue weighted by atomic mass is 10.2. The number of carbonyl (C=O) groups is 1. The smallest absolute Gasteiger partial charge is 0.279 e. The molecule has 0 aliphatic heterocycles. The Labute approximate surface area is 177 Å². The Kier molecular flexibility index (Phi) is 5.60. The van der Waals surface area contributed by atoms with E-state index in [4.69, 9.17) is 16.3 Å². The van der Waals surface area contributed by atoms with E-state index >= 15 is 0 Å². The first-order valence-electron chi connectivity index (χ1n) is 8.96. The van der Waals surface area contributed by atoms with E-state index in [2.05, 4.69) is 11.6 Å². The maximum atomic E-state index is 12.7. The molecule has 0 aliphatic carbocycles. The van der Waals surface area contributed by atoms with E-state index in [9.17, 15) is 4.79 Å². The topological polar surface area (TPSA) is 43.6 Å². The largest absolute Gasteiger partial charge is 0.457 e. The molecule has 0 saturated heterocycles. The van der Waals surface area contributed by atoms with Crippen molar-refractivity contribution in [3.8, 4) is 11.5 Å². The van der Waals surface area contributed by atoms with Gasteiger partial charge in [-0.3, -0.25) is 4.79 Å². The number of thiazole rings is 1. The fraction of sp³-hybridized carbons (Fsp3) is 0.0435. The van der Waals surface area contributed by atoms with Crippen molar-refractivity contribution in [2.24, 2.45) is 4.99 Å². The number of rotatable bonds is 5. The predicted molar refractivity (Wildman–Crippen MR) is 118 cm³/mol. The standard InChI is InChI=1S/C23H17ClN2O2S/c1-2-15-26-21-19(24)9-6-10-20(21)29-23(26)25-22(27)16-11-13-18(14-12-16)28-17-7-4-3-5-8-17/h2-14H,1,15H2. The van der Waals surface area contributed by atoms with Crippen LogP contribution in [0.15, 0.2) is 90.4 Å². The first-order chi connectivity index (χ1) is 14.2. The van der Waals surface area contributed by atoms with Gasteiger partial charge in [-0.1, -0.05) is 53.3 Å². The van der Waals surface area contributed by atoms with Gasteiger partial charge in [-0.2, -0.15) is 4.99 Å². The molecule has 0 unspecified atom stereocenters. The van der Waals surface area contributed by atoms with Crippen LogP contribution in [-0.2, 0) is 6.54 Å². The van der Waals surface area contributed by atoms with Gasteiger partial charge in [0.1, 0.15) is 11.5 Å². The van der Waals surface area contributed by atoms with Gasteiger partial charge in [0.05, 0.1) is 15.2 Å². The zero-order chi connectivity index (χ0) is 20.2. The van der Waals surface area contributed by atoms with Crippen molar-refractivity contribution >= 4 is 39.1 Å². The molecule has 0 radical (unpaired) electrons. The molecule has 29 heavy (non-hydrogen) atoms. The molecule has 1 amide bonds. The van der Waals surface area contributed by atoms with Crippen molar-refractivity contribution in [1.29, 1.82) is 0 Å². The van der Waals surface area contributed by atoms with Gasteiger partial charge < -0.3 is 9.30 Å². The number of allylic oxidation sites excluding steroid dienone is 1. The Morgan fingerprint density at radius 3 is 2.48 bits per heavy atom. The fourth-order valence-electron chi connectivity index (χ4n) is 2.91. The Morgan fingerprint density at radius 1 is 1.03 bits per heavy atom. The van der Waals surface area contributed by atoms with Crippen molar-refractivity contribution in [2.75, 3.05) is 0 Å². The molecule has 4 nitrogen and oxygen atoms in total. The molecule has 0 spiro atoms. The maximum Gasteiger partial charge on any atom is 0.279 e. The SMILES string of the molecule is C=CCn1c(=NC(=O)c2ccc(Oc3ccccc3)cc2)sc2cccc(Cl)c21. The number of nitrogens with zero attached hydrogens (tertiary/aromatic N) is 2. The number of hydrogen-bond donors (Lipinski definition) is 0. The number of ether oxygens (including phenoxy) is 1. The van der Waals surface area contributed by atoms with Crippen molar-refractivity contribution < 1.29 is 9.53 Å². The Hall–Kier alpha value is -3.15. The minimum atomic E-state index is -0.322. The molecule has 0 atom stereocenters. The number of fused-ring (bicyclic) bond motifs is 1. The second kappa shape index (κ2) is 8.47. The molecule has 0 N–H and O–H groups in total. The van der Waals surface area contributed by atoms with Crippen LogP contribution in [0.4, 0.5) is 0 Å². The zero-order valence-electron chi connectivity index (χ0n) is 15.4. The first kappa shape index (κ1) is 19.2. The summed E-state index contributed by atoms with van der Waals surface area (Å²) in [5.74, 6) is 1.07. The molecule has 4 rings (SSSR count). The van der Waals surface area contributed by atoms with Gasteiger partial charge >= 0.3 is 0 Å². The molecule has 1 heterocycles. The van der Waals surface area contributed by atoms with Crippen LogP contribution >= 0.6 is 22.9 Å². The van der Waals surface area contributed by atoms with Gasteiger partial charge in [0, 0.05) is 12.1 Å². The molecule has 0 aliphatic rings. The molecule has 0 saturated carbocycles. The molecule has 1 aromatic heterocycles. The van der Waals surface area contributed by atoms with Crippen molar-refractivity contribution in [3.05, 3.63) is 101 Å². The second-order valence-corrected chi connectivity index (χ2v) is 7.64. The highest BCUT2D eigenvalue weighted by molar-refractivity contribution is 7.16. The number of amides is 1. The summed E-state index contributed by atoms with van der Waals surface area (Å²) in [5, 5.41) is 0.622. The molecule has 0 bridgehead atoms. The van der Waals surface area contributed by atoms with Gasteiger partial charge in [-0.25, -0.2) is 0 Å². The van der Waals surface area contributed by atoms with Gasteiger partial charge in [-0.15, -0.1) is 6.58 Å². The normalized spacial score (nSPS) is 11.6. The van der Waals surface area contributed by atoms with E-state index in [0.29, 0.717) is 27.7 Å². The lowest BCUT2D eigenvalue weighted by Gasteiger charge is -2.05. The fourth-order valence-corrected chi connectivity index (χ4v) is 4.31. The molecule has 144 valence electrons. The summed E-state index contributed by atoms with van der Waals surface area (Å²) < 4.78 is 8.64. The monoisotopic (exact) mass is 420 g/mol. The third-order valence-electron chi connectivity index (χ3n) is 4.24. The van der Waals surface area contributed by atoms with E-state index in [1.54, 1.807) is 30.3 Å². The van der Waals surface area contributed by atoms with Crippen LogP contribution in [0.5, 0.6) is 11.5 Å². The van der Waals surface area contributed by atoms with Gasteiger partial charge in [0.2, 0.25) is 0 Å². The summed E-state index contributed by atoms with van der Waals surface area (Å²) in [6.07, 6.45) is 1.76. The van der Waals surface area contributed by atoms with E-state index in [1.807, 2.05) is 53.1 Å². The lowest BCUT2D eigenvalue weighted by molar-refractivity contribution is 0.0998. The van der Waals surface area contributed by atoms with Gasteiger partial charge in [0.25, 0.3) is 5.91 Å². The molecular formula is C23H17ClN2O2S. The van der Waals surface area contributed by atoms with Gasteiger partial charge in [0.15, 0.2) is 4.80 Å². The summed E-state index contributed by atoms with van der Waals surface area (Å²) in [5.41, 5.74) is 1.34. The number of carbonyl (C=O) groups excluding carboxylic acids is 1. The van der Waals surface area contributed by atoms with Crippen LogP contribution in [-0.4, -0.2) is 10.5 Å². The Morgan fingerprint density at radius 2 is 1.76 bits per heavy atom. The number of para-hydroxylation sites is 2. The highest BCUT2D eigenvalue weighted by atomic mass is 35.5. The Bertz CT molecular complexity index is 1240. The van der Waals surface area contributed by atoms with Crippen LogP contribution < -0.4 is 9.54 Å². The number of halogens is 1. The second-order valence-electron chi connectivity index (χ2n) is 6.23. The third kappa shape index (κ3) is 4.16. The maximum absolute atomic E-state index is 12.7. The molecule has 6 heteroatoms. The molecular weight excluding hydrogens is 404 g/mol. The zero-order valence-corrected chi connectivity index (χ0v) is 17.0. The average Bonchev–Trinajstić information content (AvgIpc) is 3.08. The summed E-state index contributed by atoms with van der Waals surface area (Å²) >= 11 is 7.78. The van der Waals surface area contributed by atoms with E-state index in [1.165, 1.54) is 11.3 Å². The molecule has 4 aromatic rings. The minimum Gasteiger partial charge on any atom is -0.457 e. The van der Waals surface area contributed by atoms with Crippen LogP contribution in [0.1, 0.15) is 10.4 Å². The number of benzene rings is 3. The predicted octanol–water partition coefficient (Wildman–Crippen LogP) is 6.08. The summed E-state index contributed by atoms with van der Waals surface area (Å²) in [6.45, 7) is 4.31. The van der Waals surface area contributed by atoms with E-state index in [0.717, 1.165) is 16.0 Å². The van der Waals surface area contributed by atoms with Crippen molar-refractivity contribution in [3.63, 3.8) is 0 Å². The van der Waals surface area contributed by atoms with Crippen molar-refractivity contribution in [2.45, 2.75) is 6.54 Å². The summed E-state index contributed by atoms with van der Waals surface area (Å²) in [4.78, 5) is 17.6. The molecule has 3 aromatic carbocycles. The number of aromatic nitrogens is 1. The Balaban J connectivity index is 1.65. The molecule has 0 fully saturated rings. The van der Waals surface area contributed by atoms with Gasteiger partial charge in [-0.05, 0) is 48.5 Å². The van der Waals surface area contributed by atoms with Crippen molar-refractivity contribution in [1.82, 2.24) is 4.57 Å². The highest BCUT2D eigenvalue weighted by Gasteiger charge is 2.11. The van der Waals surface area contributed by atoms with Crippen LogP contribution in [0.3, 0.4) is 0 Å². The number of hydrogen-bond acceptors (Lipinski definition) is 3. The van der Waals surface area contributed by atoms with Crippen LogP contribution in [0.2, 0.25) is 5.02 Å². The minimum absolute atomic E-state index is 0.322. The summed E-state index contributed by atoms with van der Waals surface area (Å²) in [7, 11) is 0. The van der Waals surface area contributed by atoms with Crippen LogP contribution in [0.25, 0.3) is 10.2 Å². The lowest BCUT2D eigenvalue weighted by Crippen LogP contribution is -2.16. The average molecular weight is 421 g/mol. The van der Waals surface area contributed by atoms with Crippen LogP contribution in [0, 0.1) is 0 Å². The summed E-state index contributed by atoms with van der Waals surface area (Å²) in [6, 6.07) is 22.1. The first-order valence-corrected chi connectivity index (χ1v) is 10.2. The quantitative estimate of drug-likeness (QED) is 0.367. The third-order valence-corrected chi connectivity index (χ3v) is 5.59. The van der Waals surface area contributed by atoms with E-state index in [-0.39, 0.29) is 5.91 Å².